The van der Waals surface area contributed by atoms with E-state index in [9.17, 15) is 4.79 Å². The number of carbonyl (C=O) groups is 1. The van der Waals surface area contributed by atoms with Gasteiger partial charge in [-0.3, -0.25) is 4.79 Å². The van der Waals surface area contributed by atoms with E-state index in [1.54, 1.807) is 6.92 Å². The lowest BCUT2D eigenvalue weighted by molar-refractivity contribution is 0.101. The average Bonchev–Trinajstić information content (AvgIpc) is 2.61. The smallest absolute Gasteiger partial charge is 0.181 e. The summed E-state index contributed by atoms with van der Waals surface area (Å²) in [5, 5.41) is 8.06. The second-order valence-corrected chi connectivity index (χ2v) is 4.32. The standard InChI is InChI=1S/C11H17N3O/c1-8-11(9(2)15)12-13-14(8)10-6-4-3-5-7-10/h10H,3-7H2,1-2H3. The molecule has 4 nitrogen and oxygen atoms in total. The second-order valence-electron chi connectivity index (χ2n) is 4.32. The second kappa shape index (κ2) is 4.13. The van der Waals surface area contributed by atoms with E-state index in [1.165, 1.54) is 32.1 Å². The molecule has 0 amide bonds. The Labute approximate surface area is 89.7 Å². The van der Waals surface area contributed by atoms with Crippen molar-refractivity contribution in [3.8, 4) is 0 Å². The number of nitrogens with zero attached hydrogens (tertiary/aromatic N) is 3. The number of carbonyl (C=O) groups excluding carboxylic acids is 1. The quantitative estimate of drug-likeness (QED) is 0.699. The highest BCUT2D eigenvalue weighted by molar-refractivity contribution is 5.92. The molecule has 1 heterocycles. The van der Waals surface area contributed by atoms with Gasteiger partial charge in [-0.25, -0.2) is 4.68 Å². The molecule has 1 saturated carbocycles. The van der Waals surface area contributed by atoms with Gasteiger partial charge in [0.2, 0.25) is 0 Å². The minimum absolute atomic E-state index is 0.00885. The van der Waals surface area contributed by atoms with Gasteiger partial charge in [0, 0.05) is 6.92 Å². The van der Waals surface area contributed by atoms with Gasteiger partial charge < -0.3 is 0 Å². The molecule has 0 spiro atoms. The van der Waals surface area contributed by atoms with Gasteiger partial charge in [0.1, 0.15) is 0 Å². The third-order valence-corrected chi connectivity index (χ3v) is 3.18. The molecule has 0 aliphatic heterocycles. The summed E-state index contributed by atoms with van der Waals surface area (Å²) < 4.78 is 1.94. The maximum atomic E-state index is 11.2. The fraction of sp³-hybridized carbons (Fsp3) is 0.727. The minimum atomic E-state index is 0.00885. The third kappa shape index (κ3) is 1.94. The van der Waals surface area contributed by atoms with E-state index in [1.807, 2.05) is 11.6 Å². The van der Waals surface area contributed by atoms with E-state index >= 15 is 0 Å². The summed E-state index contributed by atoms with van der Waals surface area (Å²) >= 11 is 0. The number of hydrogen-bond donors (Lipinski definition) is 0. The van der Waals surface area contributed by atoms with Gasteiger partial charge in [-0.15, -0.1) is 5.10 Å². The molecule has 0 saturated heterocycles. The van der Waals surface area contributed by atoms with Crippen LogP contribution in [0.4, 0.5) is 0 Å². The first-order chi connectivity index (χ1) is 7.20. The summed E-state index contributed by atoms with van der Waals surface area (Å²) in [5.74, 6) is 0.00885. The van der Waals surface area contributed by atoms with Crippen LogP contribution in [0.1, 0.15) is 61.3 Å². The monoisotopic (exact) mass is 207 g/mol. The third-order valence-electron chi connectivity index (χ3n) is 3.18. The average molecular weight is 207 g/mol. The summed E-state index contributed by atoms with van der Waals surface area (Å²) in [6, 6.07) is 0.458. The first-order valence-electron chi connectivity index (χ1n) is 5.63. The molecule has 0 unspecified atom stereocenters. The largest absolute Gasteiger partial charge is 0.293 e. The summed E-state index contributed by atoms with van der Waals surface area (Å²) in [6.45, 7) is 3.48. The molecule has 1 aromatic heterocycles. The van der Waals surface area contributed by atoms with Crippen LogP contribution in [0.25, 0.3) is 0 Å². The fourth-order valence-corrected chi connectivity index (χ4v) is 2.34. The van der Waals surface area contributed by atoms with Crippen molar-refractivity contribution >= 4 is 5.78 Å². The Hall–Kier alpha value is -1.19. The van der Waals surface area contributed by atoms with Gasteiger partial charge in [-0.05, 0) is 19.8 Å². The number of Topliss-reactive ketones (excluding diaryl/α,β-unsaturated/α-hetero) is 1. The Bertz CT molecular complexity index is 364. The summed E-state index contributed by atoms with van der Waals surface area (Å²) in [5.41, 5.74) is 1.45. The Morgan fingerprint density at radius 1 is 1.33 bits per heavy atom. The number of rotatable bonds is 2. The van der Waals surface area contributed by atoms with Crippen LogP contribution in [0.5, 0.6) is 0 Å². The van der Waals surface area contributed by atoms with Crippen LogP contribution in [0, 0.1) is 6.92 Å². The van der Waals surface area contributed by atoms with Crippen LogP contribution in [0.3, 0.4) is 0 Å². The highest BCUT2D eigenvalue weighted by Crippen LogP contribution is 2.28. The van der Waals surface area contributed by atoms with E-state index in [4.69, 9.17) is 0 Å². The normalized spacial score (nSPS) is 18.0. The van der Waals surface area contributed by atoms with Crippen molar-refractivity contribution in [2.45, 2.75) is 52.0 Å². The van der Waals surface area contributed by atoms with Gasteiger partial charge in [-0.2, -0.15) is 0 Å². The lowest BCUT2D eigenvalue weighted by Crippen LogP contribution is -2.15. The first kappa shape index (κ1) is 10.3. The SMILES string of the molecule is CC(=O)c1nnn(C2CCCCC2)c1C. The zero-order valence-electron chi connectivity index (χ0n) is 9.36. The lowest BCUT2D eigenvalue weighted by Gasteiger charge is -2.22. The molecule has 1 aliphatic carbocycles. The van der Waals surface area contributed by atoms with Gasteiger partial charge in [0.15, 0.2) is 11.5 Å². The molecular weight excluding hydrogens is 190 g/mol. The molecule has 0 aromatic carbocycles. The fourth-order valence-electron chi connectivity index (χ4n) is 2.34. The Morgan fingerprint density at radius 2 is 2.00 bits per heavy atom. The predicted molar refractivity (Wildman–Crippen MR) is 56.9 cm³/mol. The van der Waals surface area contributed by atoms with Gasteiger partial charge in [0.05, 0.1) is 11.7 Å². The maximum Gasteiger partial charge on any atom is 0.181 e. The summed E-state index contributed by atoms with van der Waals surface area (Å²) in [4.78, 5) is 11.2. The highest BCUT2D eigenvalue weighted by atomic mass is 16.1. The van der Waals surface area contributed by atoms with Crippen molar-refractivity contribution in [1.82, 2.24) is 15.0 Å². The number of hydrogen-bond acceptors (Lipinski definition) is 3. The Balaban J connectivity index is 2.24. The molecule has 1 aromatic rings. The zero-order valence-corrected chi connectivity index (χ0v) is 9.36. The van der Waals surface area contributed by atoms with Crippen LogP contribution in [0.15, 0.2) is 0 Å². The van der Waals surface area contributed by atoms with Gasteiger partial charge in [0.25, 0.3) is 0 Å². The highest BCUT2D eigenvalue weighted by Gasteiger charge is 2.21. The molecular formula is C11H17N3O. The molecule has 0 N–H and O–H groups in total. The van der Waals surface area contributed by atoms with Crippen molar-refractivity contribution in [2.75, 3.05) is 0 Å². The molecule has 2 rings (SSSR count). The van der Waals surface area contributed by atoms with E-state index in [-0.39, 0.29) is 5.78 Å². The molecule has 0 atom stereocenters. The molecule has 1 aliphatic rings. The van der Waals surface area contributed by atoms with E-state index in [0.29, 0.717) is 11.7 Å². The zero-order chi connectivity index (χ0) is 10.8. The van der Waals surface area contributed by atoms with Crippen LogP contribution in [-0.4, -0.2) is 20.8 Å². The van der Waals surface area contributed by atoms with Crippen LogP contribution >= 0.6 is 0 Å². The molecule has 0 bridgehead atoms. The maximum absolute atomic E-state index is 11.2. The first-order valence-corrected chi connectivity index (χ1v) is 5.63. The predicted octanol–water partition coefficient (Wildman–Crippen LogP) is 2.29. The molecule has 4 heteroatoms. The number of ketones is 1. The van der Waals surface area contributed by atoms with E-state index in [0.717, 1.165) is 5.69 Å². The minimum Gasteiger partial charge on any atom is -0.293 e. The van der Waals surface area contributed by atoms with E-state index < -0.39 is 0 Å². The van der Waals surface area contributed by atoms with Crippen molar-refractivity contribution in [2.24, 2.45) is 0 Å². The summed E-state index contributed by atoms with van der Waals surface area (Å²) in [7, 11) is 0. The van der Waals surface area contributed by atoms with Crippen LogP contribution in [-0.2, 0) is 0 Å². The Kier molecular flexibility index (Phi) is 2.84. The van der Waals surface area contributed by atoms with Gasteiger partial charge in [-0.1, -0.05) is 24.5 Å². The van der Waals surface area contributed by atoms with Crippen LogP contribution < -0.4 is 0 Å². The number of aromatic nitrogens is 3. The van der Waals surface area contributed by atoms with Crippen molar-refractivity contribution in [3.05, 3.63) is 11.4 Å². The lowest BCUT2D eigenvalue weighted by atomic mass is 9.95. The molecule has 82 valence electrons. The molecule has 15 heavy (non-hydrogen) atoms. The Morgan fingerprint density at radius 3 is 2.53 bits per heavy atom. The van der Waals surface area contributed by atoms with Crippen LogP contribution in [0.2, 0.25) is 0 Å². The van der Waals surface area contributed by atoms with Crippen molar-refractivity contribution in [3.63, 3.8) is 0 Å². The molecule has 1 fully saturated rings. The summed E-state index contributed by atoms with van der Waals surface area (Å²) in [6.07, 6.45) is 6.19. The van der Waals surface area contributed by atoms with Gasteiger partial charge >= 0.3 is 0 Å². The molecule has 0 radical (unpaired) electrons. The van der Waals surface area contributed by atoms with E-state index in [2.05, 4.69) is 10.3 Å². The topological polar surface area (TPSA) is 47.8 Å². The van der Waals surface area contributed by atoms with Crippen molar-refractivity contribution in [1.29, 1.82) is 0 Å². The van der Waals surface area contributed by atoms with Crippen molar-refractivity contribution < 1.29 is 4.79 Å².